The van der Waals surface area contributed by atoms with Crippen molar-refractivity contribution in [3.05, 3.63) is 0 Å². The van der Waals surface area contributed by atoms with E-state index in [0.29, 0.717) is 0 Å². The molecule has 1 spiro atoms. The first-order chi connectivity index (χ1) is 8.60. The molecule has 1 saturated carbocycles. The molecule has 2 fully saturated rings. The Balaban J connectivity index is 0.00000180. The van der Waals surface area contributed by atoms with E-state index in [2.05, 4.69) is 30.8 Å². The van der Waals surface area contributed by atoms with Crippen LogP contribution in [0.15, 0.2) is 0 Å². The maximum absolute atomic E-state index is 2.70. The SMILES string of the molecule is CC1CCCC2(CCN(CCCN(C)C)CC2)C1.Cl. The molecule has 19 heavy (non-hydrogen) atoms. The summed E-state index contributed by atoms with van der Waals surface area (Å²) in [5, 5.41) is 0. The summed E-state index contributed by atoms with van der Waals surface area (Å²) in [6.07, 6.45) is 10.3. The van der Waals surface area contributed by atoms with Gasteiger partial charge in [-0.2, -0.15) is 0 Å². The molecule has 0 aromatic carbocycles. The van der Waals surface area contributed by atoms with Crippen LogP contribution in [0.5, 0.6) is 0 Å². The van der Waals surface area contributed by atoms with E-state index in [-0.39, 0.29) is 12.4 Å². The van der Waals surface area contributed by atoms with Crippen LogP contribution in [0.1, 0.15) is 51.9 Å². The highest BCUT2D eigenvalue weighted by Gasteiger charge is 2.37. The average Bonchev–Trinajstić information content (AvgIpc) is 2.31. The predicted molar refractivity (Wildman–Crippen MR) is 86.2 cm³/mol. The molecule has 3 heteroatoms. The van der Waals surface area contributed by atoms with Crippen molar-refractivity contribution in [2.24, 2.45) is 11.3 Å². The lowest BCUT2D eigenvalue weighted by atomic mass is 9.65. The van der Waals surface area contributed by atoms with Crippen LogP contribution in [0, 0.1) is 11.3 Å². The molecule has 0 N–H and O–H groups in total. The molecule has 2 rings (SSSR count). The summed E-state index contributed by atoms with van der Waals surface area (Å²) < 4.78 is 0. The molecule has 2 nitrogen and oxygen atoms in total. The smallest absolute Gasteiger partial charge is 0.000654 e. The van der Waals surface area contributed by atoms with Gasteiger partial charge in [-0.15, -0.1) is 12.4 Å². The van der Waals surface area contributed by atoms with E-state index in [1.165, 1.54) is 71.1 Å². The molecule has 1 aliphatic heterocycles. The van der Waals surface area contributed by atoms with Gasteiger partial charge < -0.3 is 9.80 Å². The number of piperidine rings is 1. The highest BCUT2D eigenvalue weighted by Crippen LogP contribution is 2.46. The van der Waals surface area contributed by atoms with Gasteiger partial charge >= 0.3 is 0 Å². The van der Waals surface area contributed by atoms with Crippen LogP contribution in [-0.4, -0.2) is 50.1 Å². The molecule has 0 bridgehead atoms. The lowest BCUT2D eigenvalue weighted by molar-refractivity contribution is 0.0480. The largest absolute Gasteiger partial charge is 0.309 e. The first kappa shape index (κ1) is 17.3. The van der Waals surface area contributed by atoms with Crippen LogP contribution in [-0.2, 0) is 0 Å². The summed E-state index contributed by atoms with van der Waals surface area (Å²) in [4.78, 5) is 5.00. The van der Waals surface area contributed by atoms with Crippen molar-refractivity contribution in [2.45, 2.75) is 51.9 Å². The first-order valence-corrected chi connectivity index (χ1v) is 7.97. The Labute approximate surface area is 126 Å². The molecular weight excluding hydrogens is 256 g/mol. The second-order valence-electron chi connectivity index (χ2n) is 7.20. The van der Waals surface area contributed by atoms with Crippen LogP contribution in [0.25, 0.3) is 0 Å². The number of halogens is 1. The second kappa shape index (κ2) is 7.85. The van der Waals surface area contributed by atoms with Gasteiger partial charge in [0.1, 0.15) is 0 Å². The topological polar surface area (TPSA) is 6.48 Å². The van der Waals surface area contributed by atoms with Gasteiger partial charge in [0.25, 0.3) is 0 Å². The molecule has 114 valence electrons. The summed E-state index contributed by atoms with van der Waals surface area (Å²) >= 11 is 0. The normalized spacial score (nSPS) is 27.5. The van der Waals surface area contributed by atoms with Crippen molar-refractivity contribution in [2.75, 3.05) is 40.3 Å². The minimum atomic E-state index is 0. The molecule has 0 radical (unpaired) electrons. The van der Waals surface area contributed by atoms with Crippen molar-refractivity contribution in [3.63, 3.8) is 0 Å². The summed E-state index contributed by atoms with van der Waals surface area (Å²) in [6.45, 7) is 7.73. The summed E-state index contributed by atoms with van der Waals surface area (Å²) in [5.74, 6) is 0.985. The molecule has 0 amide bonds. The van der Waals surface area contributed by atoms with Crippen LogP contribution in [0.4, 0.5) is 0 Å². The van der Waals surface area contributed by atoms with Crippen molar-refractivity contribution in [1.29, 1.82) is 0 Å². The summed E-state index contributed by atoms with van der Waals surface area (Å²) in [6, 6.07) is 0. The minimum Gasteiger partial charge on any atom is -0.309 e. The maximum Gasteiger partial charge on any atom is -0.000654 e. The Hall–Kier alpha value is 0.210. The summed E-state index contributed by atoms with van der Waals surface area (Å²) in [7, 11) is 4.35. The Morgan fingerprint density at radius 3 is 2.42 bits per heavy atom. The third-order valence-corrected chi connectivity index (χ3v) is 5.18. The van der Waals surface area contributed by atoms with Gasteiger partial charge in [0.05, 0.1) is 0 Å². The molecule has 1 atom stereocenters. The Morgan fingerprint density at radius 1 is 1.16 bits per heavy atom. The van der Waals surface area contributed by atoms with Crippen LogP contribution >= 0.6 is 12.4 Å². The van der Waals surface area contributed by atoms with Crippen LogP contribution in [0.3, 0.4) is 0 Å². The molecule has 1 unspecified atom stereocenters. The molecule has 0 aromatic rings. The lowest BCUT2D eigenvalue weighted by Crippen LogP contribution is -2.42. The fourth-order valence-corrected chi connectivity index (χ4v) is 4.08. The van der Waals surface area contributed by atoms with E-state index in [1.807, 2.05) is 0 Å². The van der Waals surface area contributed by atoms with E-state index in [9.17, 15) is 0 Å². The number of hydrogen-bond acceptors (Lipinski definition) is 2. The van der Waals surface area contributed by atoms with E-state index in [1.54, 1.807) is 0 Å². The van der Waals surface area contributed by atoms with Crippen molar-refractivity contribution < 1.29 is 0 Å². The molecule has 1 saturated heterocycles. The van der Waals surface area contributed by atoms with Crippen molar-refractivity contribution >= 4 is 12.4 Å². The molecule has 2 aliphatic rings. The van der Waals surface area contributed by atoms with Gasteiger partial charge in [0, 0.05) is 0 Å². The Bertz CT molecular complexity index is 247. The average molecular weight is 289 g/mol. The summed E-state index contributed by atoms with van der Waals surface area (Å²) in [5.41, 5.74) is 0.746. The first-order valence-electron chi connectivity index (χ1n) is 7.97. The molecule has 1 aliphatic carbocycles. The van der Waals surface area contributed by atoms with Crippen molar-refractivity contribution in [3.8, 4) is 0 Å². The number of rotatable bonds is 4. The van der Waals surface area contributed by atoms with E-state index in [4.69, 9.17) is 0 Å². The van der Waals surface area contributed by atoms with E-state index in [0.717, 1.165) is 11.3 Å². The Kier molecular flexibility index (Phi) is 7.13. The quantitative estimate of drug-likeness (QED) is 0.779. The zero-order valence-electron chi connectivity index (χ0n) is 13.2. The third-order valence-electron chi connectivity index (χ3n) is 5.18. The zero-order chi connectivity index (χ0) is 13.0. The fourth-order valence-electron chi connectivity index (χ4n) is 4.08. The maximum atomic E-state index is 2.70. The lowest BCUT2D eigenvalue weighted by Gasteiger charge is -2.46. The molecule has 0 aromatic heterocycles. The monoisotopic (exact) mass is 288 g/mol. The third kappa shape index (κ3) is 5.24. The van der Waals surface area contributed by atoms with E-state index < -0.39 is 0 Å². The predicted octanol–water partition coefficient (Wildman–Crippen LogP) is 3.65. The van der Waals surface area contributed by atoms with Gasteiger partial charge in [-0.1, -0.05) is 19.8 Å². The van der Waals surface area contributed by atoms with Crippen molar-refractivity contribution in [1.82, 2.24) is 9.80 Å². The molecular formula is C16H33ClN2. The minimum absolute atomic E-state index is 0. The fraction of sp³-hybridized carbons (Fsp3) is 1.00. The number of likely N-dealkylation sites (tertiary alicyclic amines) is 1. The highest BCUT2D eigenvalue weighted by atomic mass is 35.5. The van der Waals surface area contributed by atoms with Crippen LogP contribution < -0.4 is 0 Å². The Morgan fingerprint density at radius 2 is 1.84 bits per heavy atom. The standard InChI is InChI=1S/C16H32N2.ClH/c1-15-6-4-7-16(14-15)8-12-18(13-9-16)11-5-10-17(2)3;/h15H,4-14H2,1-3H3;1H. The number of hydrogen-bond donors (Lipinski definition) is 0. The van der Waals surface area contributed by atoms with Gasteiger partial charge in [-0.25, -0.2) is 0 Å². The molecule has 1 heterocycles. The number of nitrogens with zero attached hydrogens (tertiary/aromatic N) is 2. The van der Waals surface area contributed by atoms with E-state index >= 15 is 0 Å². The second-order valence-corrected chi connectivity index (χ2v) is 7.20. The zero-order valence-corrected chi connectivity index (χ0v) is 14.0. The van der Waals surface area contributed by atoms with Crippen LogP contribution in [0.2, 0.25) is 0 Å². The van der Waals surface area contributed by atoms with Gasteiger partial charge in [0.2, 0.25) is 0 Å². The van der Waals surface area contributed by atoms with Gasteiger partial charge in [0.15, 0.2) is 0 Å². The van der Waals surface area contributed by atoms with Gasteiger partial charge in [-0.05, 0) is 83.7 Å². The highest BCUT2D eigenvalue weighted by molar-refractivity contribution is 5.85. The van der Waals surface area contributed by atoms with Gasteiger partial charge in [-0.3, -0.25) is 0 Å².